The molecule has 0 atom stereocenters. The van der Waals surface area contributed by atoms with Gasteiger partial charge >= 0.3 is 0 Å². The molecule has 6 nitrogen and oxygen atoms in total. The van der Waals surface area contributed by atoms with Crippen LogP contribution in [-0.4, -0.2) is 29.9 Å². The molecule has 0 bridgehead atoms. The Morgan fingerprint density at radius 3 is 2.69 bits per heavy atom. The quantitative estimate of drug-likeness (QED) is 0.726. The van der Waals surface area contributed by atoms with Crippen molar-refractivity contribution in [2.75, 3.05) is 23.4 Å². The number of anilines is 2. The van der Waals surface area contributed by atoms with E-state index in [1.165, 1.54) is 0 Å². The molecule has 2 amide bonds. The summed E-state index contributed by atoms with van der Waals surface area (Å²) >= 11 is 0. The van der Waals surface area contributed by atoms with Crippen LogP contribution in [0.15, 0.2) is 67.0 Å². The fourth-order valence-electron chi connectivity index (χ4n) is 3.38. The molecule has 0 aliphatic carbocycles. The van der Waals surface area contributed by atoms with Crippen LogP contribution in [0.1, 0.15) is 21.5 Å². The number of hydrogen-bond acceptors (Lipinski definition) is 4. The molecule has 2 aromatic carbocycles. The average molecular weight is 387 g/mol. The van der Waals surface area contributed by atoms with Crippen molar-refractivity contribution in [3.63, 3.8) is 0 Å². The lowest BCUT2D eigenvalue weighted by Crippen LogP contribution is -2.29. The molecule has 29 heavy (non-hydrogen) atoms. The van der Waals surface area contributed by atoms with Gasteiger partial charge in [0.25, 0.3) is 11.8 Å². The Morgan fingerprint density at radius 1 is 1.10 bits per heavy atom. The van der Waals surface area contributed by atoms with Crippen LogP contribution < -0.4 is 15.0 Å². The highest BCUT2D eigenvalue weighted by molar-refractivity contribution is 6.07. The Bertz CT molecular complexity index is 1050. The molecule has 3 aromatic rings. The minimum atomic E-state index is -0.252. The molecule has 2 heterocycles. The second-order valence-electron chi connectivity index (χ2n) is 6.89. The lowest BCUT2D eigenvalue weighted by molar-refractivity contribution is -0.118. The number of ether oxygens (including phenoxy) is 1. The number of aryl methyl sites for hydroxylation is 1. The fraction of sp³-hybridized carbons (Fsp3) is 0.174. The van der Waals surface area contributed by atoms with Gasteiger partial charge in [-0.05, 0) is 54.8 Å². The first-order valence-electron chi connectivity index (χ1n) is 9.45. The van der Waals surface area contributed by atoms with Crippen molar-refractivity contribution in [2.45, 2.75) is 13.3 Å². The first kappa shape index (κ1) is 18.7. The molecule has 1 N–H and O–H groups in total. The van der Waals surface area contributed by atoms with Gasteiger partial charge in [0.05, 0.1) is 0 Å². The molecule has 0 spiro atoms. The van der Waals surface area contributed by atoms with Crippen LogP contribution in [0.3, 0.4) is 0 Å². The first-order valence-corrected chi connectivity index (χ1v) is 9.45. The minimum Gasteiger partial charge on any atom is -0.483 e. The van der Waals surface area contributed by atoms with Gasteiger partial charge in [0.2, 0.25) is 0 Å². The first-order chi connectivity index (χ1) is 14.1. The average Bonchev–Trinajstić information content (AvgIpc) is 3.16. The number of fused-ring (bicyclic) bond motifs is 1. The largest absolute Gasteiger partial charge is 0.483 e. The number of carbonyl (C=O) groups is 2. The third kappa shape index (κ3) is 4.11. The Morgan fingerprint density at radius 2 is 1.90 bits per heavy atom. The van der Waals surface area contributed by atoms with E-state index in [4.69, 9.17) is 4.74 Å². The molecule has 1 aliphatic rings. The zero-order chi connectivity index (χ0) is 20.2. The normalized spacial score (nSPS) is 12.4. The summed E-state index contributed by atoms with van der Waals surface area (Å²) in [6.45, 7) is 2.47. The zero-order valence-electron chi connectivity index (χ0n) is 16.1. The molecule has 1 aromatic heterocycles. The van der Waals surface area contributed by atoms with Crippen molar-refractivity contribution in [2.24, 2.45) is 0 Å². The van der Waals surface area contributed by atoms with Crippen molar-refractivity contribution < 1.29 is 14.3 Å². The van der Waals surface area contributed by atoms with E-state index in [1.807, 2.05) is 49.4 Å². The van der Waals surface area contributed by atoms with Gasteiger partial charge in [-0.15, -0.1) is 0 Å². The molecule has 0 radical (unpaired) electrons. The highest BCUT2D eigenvalue weighted by atomic mass is 16.5. The topological polar surface area (TPSA) is 71.5 Å². The number of benzene rings is 2. The van der Waals surface area contributed by atoms with E-state index in [1.54, 1.807) is 29.4 Å². The highest BCUT2D eigenvalue weighted by Crippen LogP contribution is 2.32. The lowest BCUT2D eigenvalue weighted by Gasteiger charge is -2.18. The van der Waals surface area contributed by atoms with Gasteiger partial charge in [0, 0.05) is 35.9 Å². The van der Waals surface area contributed by atoms with E-state index in [0.29, 0.717) is 23.5 Å². The molecule has 0 unspecified atom stereocenters. The molecule has 1 aliphatic heterocycles. The molecule has 0 fully saturated rings. The summed E-state index contributed by atoms with van der Waals surface area (Å²) in [7, 11) is 0. The van der Waals surface area contributed by atoms with Crippen LogP contribution in [0.5, 0.6) is 5.75 Å². The standard InChI is InChI=1S/C23H21N3O3/c1-16-4-2-3-5-21(16)29-15-22(27)25-19-7-6-17-10-13-26(20(17)14-19)23(28)18-8-11-24-12-9-18/h2-9,11-12,14H,10,13,15H2,1H3,(H,25,27). The van der Waals surface area contributed by atoms with Crippen LogP contribution in [0.25, 0.3) is 0 Å². The van der Waals surface area contributed by atoms with Crippen molar-refractivity contribution in [1.29, 1.82) is 0 Å². The smallest absolute Gasteiger partial charge is 0.262 e. The number of nitrogens with one attached hydrogen (secondary N) is 1. The van der Waals surface area contributed by atoms with Crippen LogP contribution in [0.4, 0.5) is 11.4 Å². The number of hydrogen-bond donors (Lipinski definition) is 1. The molecular weight excluding hydrogens is 366 g/mol. The minimum absolute atomic E-state index is 0.0717. The Balaban J connectivity index is 1.44. The molecular formula is C23H21N3O3. The summed E-state index contributed by atoms with van der Waals surface area (Å²) in [5.74, 6) is 0.362. The van der Waals surface area contributed by atoms with E-state index in [-0.39, 0.29) is 18.4 Å². The van der Waals surface area contributed by atoms with Crippen LogP contribution >= 0.6 is 0 Å². The number of para-hydroxylation sites is 1. The van der Waals surface area contributed by atoms with Gasteiger partial charge < -0.3 is 15.0 Å². The second kappa shape index (κ2) is 8.14. The van der Waals surface area contributed by atoms with Crippen LogP contribution in [0.2, 0.25) is 0 Å². The van der Waals surface area contributed by atoms with Gasteiger partial charge in [-0.3, -0.25) is 14.6 Å². The summed E-state index contributed by atoms with van der Waals surface area (Å²) in [4.78, 5) is 30.8. The number of nitrogens with zero attached hydrogens (tertiary/aromatic N) is 2. The van der Waals surface area contributed by atoms with Gasteiger partial charge in [-0.2, -0.15) is 0 Å². The fourth-order valence-corrected chi connectivity index (χ4v) is 3.38. The number of aromatic nitrogens is 1. The van der Waals surface area contributed by atoms with E-state index < -0.39 is 0 Å². The van der Waals surface area contributed by atoms with Gasteiger partial charge in [0.15, 0.2) is 6.61 Å². The van der Waals surface area contributed by atoms with Gasteiger partial charge in [-0.1, -0.05) is 24.3 Å². The molecule has 0 saturated carbocycles. The SMILES string of the molecule is Cc1ccccc1OCC(=O)Nc1ccc2c(c1)N(C(=O)c1ccncc1)CC2. The van der Waals surface area contributed by atoms with E-state index in [0.717, 1.165) is 23.2 Å². The molecule has 0 saturated heterocycles. The maximum Gasteiger partial charge on any atom is 0.262 e. The van der Waals surface area contributed by atoms with Crippen LogP contribution in [0, 0.1) is 6.92 Å². The van der Waals surface area contributed by atoms with Crippen LogP contribution in [-0.2, 0) is 11.2 Å². The van der Waals surface area contributed by atoms with Crippen molar-refractivity contribution in [1.82, 2.24) is 4.98 Å². The van der Waals surface area contributed by atoms with E-state index in [9.17, 15) is 9.59 Å². The predicted octanol–water partition coefficient (Wildman–Crippen LogP) is 3.61. The Labute approximate surface area is 169 Å². The number of rotatable bonds is 5. The van der Waals surface area contributed by atoms with Gasteiger partial charge in [0.1, 0.15) is 5.75 Å². The van der Waals surface area contributed by atoms with Crippen molar-refractivity contribution in [3.05, 3.63) is 83.7 Å². The highest BCUT2D eigenvalue weighted by Gasteiger charge is 2.26. The molecule has 146 valence electrons. The lowest BCUT2D eigenvalue weighted by atomic mass is 10.1. The third-order valence-electron chi connectivity index (χ3n) is 4.89. The van der Waals surface area contributed by atoms with Crippen molar-refractivity contribution >= 4 is 23.2 Å². The maximum atomic E-state index is 12.8. The zero-order valence-corrected chi connectivity index (χ0v) is 16.1. The van der Waals surface area contributed by atoms with E-state index in [2.05, 4.69) is 10.3 Å². The summed E-state index contributed by atoms with van der Waals surface area (Å²) in [5, 5.41) is 2.85. The summed E-state index contributed by atoms with van der Waals surface area (Å²) in [5.41, 5.74) is 4.11. The van der Waals surface area contributed by atoms with Gasteiger partial charge in [-0.25, -0.2) is 0 Å². The maximum absolute atomic E-state index is 12.8. The predicted molar refractivity (Wildman–Crippen MR) is 111 cm³/mol. The third-order valence-corrected chi connectivity index (χ3v) is 4.89. The molecule has 6 heteroatoms. The summed E-state index contributed by atoms with van der Waals surface area (Å²) in [6.07, 6.45) is 4.00. The second-order valence-corrected chi connectivity index (χ2v) is 6.89. The number of pyridine rings is 1. The molecule has 4 rings (SSSR count). The number of amides is 2. The summed E-state index contributed by atoms with van der Waals surface area (Å²) < 4.78 is 5.60. The monoisotopic (exact) mass is 387 g/mol. The number of carbonyl (C=O) groups excluding carboxylic acids is 2. The van der Waals surface area contributed by atoms with E-state index >= 15 is 0 Å². The summed E-state index contributed by atoms with van der Waals surface area (Å²) in [6, 6.07) is 16.6. The Kier molecular flexibility index (Phi) is 5.24. The van der Waals surface area contributed by atoms with Crippen molar-refractivity contribution in [3.8, 4) is 5.75 Å². The Hall–Kier alpha value is -3.67.